The molecule has 1 aliphatic rings. The zero-order chi connectivity index (χ0) is 12.2. The topological polar surface area (TPSA) is 87.7 Å². The van der Waals surface area contributed by atoms with Crippen LogP contribution >= 0.6 is 0 Å². The molecule has 0 bridgehead atoms. The van der Waals surface area contributed by atoms with Crippen molar-refractivity contribution < 1.29 is 19.4 Å². The van der Waals surface area contributed by atoms with E-state index in [-0.39, 0.29) is 18.6 Å². The maximum Gasteiger partial charge on any atom is 0.315 e. The summed E-state index contributed by atoms with van der Waals surface area (Å²) in [5, 5.41) is 14.1. The molecule has 3 N–H and O–H groups in total. The van der Waals surface area contributed by atoms with E-state index in [0.29, 0.717) is 19.4 Å². The highest BCUT2D eigenvalue weighted by atomic mass is 16.5. The molecule has 1 aliphatic carbocycles. The van der Waals surface area contributed by atoms with E-state index < -0.39 is 11.4 Å². The third-order valence-corrected chi connectivity index (χ3v) is 2.69. The smallest absolute Gasteiger partial charge is 0.315 e. The molecular formula is C10H18N2O4. The molecular weight excluding hydrogens is 212 g/mol. The second-order valence-corrected chi connectivity index (χ2v) is 4.27. The molecule has 1 saturated carbocycles. The van der Waals surface area contributed by atoms with Crippen LogP contribution in [-0.4, -0.2) is 43.4 Å². The van der Waals surface area contributed by atoms with E-state index in [1.807, 2.05) is 6.92 Å². The molecule has 6 heteroatoms. The molecule has 0 spiro atoms. The van der Waals surface area contributed by atoms with Crippen molar-refractivity contribution in [2.45, 2.75) is 25.8 Å². The van der Waals surface area contributed by atoms with Crippen molar-refractivity contribution in [1.29, 1.82) is 0 Å². The van der Waals surface area contributed by atoms with Gasteiger partial charge in [0, 0.05) is 13.7 Å². The number of methoxy groups -OCH3 is 1. The van der Waals surface area contributed by atoms with Gasteiger partial charge in [0.2, 0.25) is 0 Å². The number of hydrogen-bond acceptors (Lipinski definition) is 3. The molecule has 1 rings (SSSR count). The molecule has 0 saturated heterocycles. The van der Waals surface area contributed by atoms with Crippen LogP contribution in [0, 0.1) is 5.41 Å². The first-order valence-electron chi connectivity index (χ1n) is 5.27. The van der Waals surface area contributed by atoms with Crippen LogP contribution in [0.4, 0.5) is 4.79 Å². The van der Waals surface area contributed by atoms with Crippen LogP contribution in [0.3, 0.4) is 0 Å². The fraction of sp³-hybridized carbons (Fsp3) is 0.800. The Kier molecular flexibility index (Phi) is 4.12. The molecule has 0 heterocycles. The molecule has 0 aromatic carbocycles. The Hall–Kier alpha value is -1.30. The number of aliphatic carboxylic acids is 1. The Morgan fingerprint density at radius 3 is 2.56 bits per heavy atom. The normalized spacial score (nSPS) is 18.6. The second kappa shape index (κ2) is 5.16. The molecule has 0 aromatic rings. The van der Waals surface area contributed by atoms with Gasteiger partial charge in [-0.2, -0.15) is 0 Å². The van der Waals surface area contributed by atoms with Gasteiger partial charge in [-0.05, 0) is 19.8 Å². The Morgan fingerprint density at radius 1 is 1.50 bits per heavy atom. The number of rotatable bonds is 6. The molecule has 1 unspecified atom stereocenters. The van der Waals surface area contributed by atoms with E-state index in [4.69, 9.17) is 9.84 Å². The maximum atomic E-state index is 11.4. The monoisotopic (exact) mass is 230 g/mol. The number of carbonyl (C=O) groups is 2. The molecule has 2 amide bonds. The summed E-state index contributed by atoms with van der Waals surface area (Å²) in [6.07, 6.45) is 1.27. The van der Waals surface area contributed by atoms with E-state index in [2.05, 4.69) is 10.6 Å². The molecule has 0 aromatic heterocycles. The molecule has 6 nitrogen and oxygen atoms in total. The van der Waals surface area contributed by atoms with Crippen LogP contribution in [0.2, 0.25) is 0 Å². The first-order chi connectivity index (χ1) is 7.50. The van der Waals surface area contributed by atoms with Crippen molar-refractivity contribution >= 4 is 12.0 Å². The lowest BCUT2D eigenvalue weighted by molar-refractivity contribution is -0.143. The molecule has 0 aliphatic heterocycles. The molecule has 1 fully saturated rings. The lowest BCUT2D eigenvalue weighted by Crippen LogP contribution is -2.45. The number of hydrogen-bond donors (Lipinski definition) is 3. The molecule has 92 valence electrons. The standard InChI is InChI=1S/C10H18N2O4/c1-7(5-16-2)12-9(15)11-6-10(3-4-10)8(13)14/h7H,3-6H2,1-2H3,(H,13,14)(H2,11,12,15). The van der Waals surface area contributed by atoms with Gasteiger partial charge in [0.25, 0.3) is 0 Å². The van der Waals surface area contributed by atoms with Crippen molar-refractivity contribution in [3.8, 4) is 0 Å². The van der Waals surface area contributed by atoms with Gasteiger partial charge < -0.3 is 20.5 Å². The molecule has 16 heavy (non-hydrogen) atoms. The van der Waals surface area contributed by atoms with Gasteiger partial charge >= 0.3 is 12.0 Å². The number of urea groups is 1. The SMILES string of the molecule is COCC(C)NC(=O)NCC1(C(=O)O)CC1. The fourth-order valence-electron chi connectivity index (χ4n) is 1.43. The Labute approximate surface area is 94.3 Å². The Bertz CT molecular complexity index is 276. The van der Waals surface area contributed by atoms with E-state index in [1.165, 1.54) is 0 Å². The number of carboxylic acid groups (broad SMARTS) is 1. The highest BCUT2D eigenvalue weighted by molar-refractivity contribution is 5.80. The number of carbonyl (C=O) groups excluding carboxylic acids is 1. The Balaban J connectivity index is 2.23. The number of amides is 2. The van der Waals surface area contributed by atoms with Gasteiger partial charge in [-0.25, -0.2) is 4.79 Å². The molecule has 1 atom stereocenters. The minimum atomic E-state index is -0.835. The van der Waals surface area contributed by atoms with Crippen LogP contribution in [0.5, 0.6) is 0 Å². The summed E-state index contributed by atoms with van der Waals surface area (Å²) in [7, 11) is 1.56. The van der Waals surface area contributed by atoms with E-state index in [9.17, 15) is 9.59 Å². The minimum absolute atomic E-state index is 0.0926. The van der Waals surface area contributed by atoms with Crippen LogP contribution in [-0.2, 0) is 9.53 Å². The summed E-state index contributed by atoms with van der Waals surface area (Å²) < 4.78 is 4.86. The number of carboxylic acids is 1. The summed E-state index contributed by atoms with van der Waals surface area (Å²) >= 11 is 0. The van der Waals surface area contributed by atoms with Gasteiger partial charge in [0.1, 0.15) is 0 Å². The fourth-order valence-corrected chi connectivity index (χ4v) is 1.43. The second-order valence-electron chi connectivity index (χ2n) is 4.27. The van der Waals surface area contributed by atoms with Crippen LogP contribution in [0.1, 0.15) is 19.8 Å². The molecule has 0 radical (unpaired) electrons. The van der Waals surface area contributed by atoms with E-state index >= 15 is 0 Å². The Morgan fingerprint density at radius 2 is 2.12 bits per heavy atom. The third-order valence-electron chi connectivity index (χ3n) is 2.69. The average molecular weight is 230 g/mol. The predicted molar refractivity (Wildman–Crippen MR) is 57.2 cm³/mol. The number of nitrogens with one attached hydrogen (secondary N) is 2. The first kappa shape index (κ1) is 12.8. The van der Waals surface area contributed by atoms with Crippen molar-refractivity contribution in [2.24, 2.45) is 5.41 Å². The van der Waals surface area contributed by atoms with Gasteiger partial charge in [-0.3, -0.25) is 4.79 Å². The lowest BCUT2D eigenvalue weighted by Gasteiger charge is -2.15. The summed E-state index contributed by atoms with van der Waals surface area (Å²) in [4.78, 5) is 22.2. The summed E-state index contributed by atoms with van der Waals surface area (Å²) in [5.74, 6) is -0.835. The largest absolute Gasteiger partial charge is 0.481 e. The van der Waals surface area contributed by atoms with Crippen molar-refractivity contribution in [3.05, 3.63) is 0 Å². The third kappa shape index (κ3) is 3.37. The quantitative estimate of drug-likeness (QED) is 0.607. The van der Waals surface area contributed by atoms with Gasteiger partial charge in [-0.15, -0.1) is 0 Å². The maximum absolute atomic E-state index is 11.4. The zero-order valence-electron chi connectivity index (χ0n) is 9.58. The zero-order valence-corrected chi connectivity index (χ0v) is 9.58. The summed E-state index contributed by atoms with van der Waals surface area (Å²) in [5.41, 5.74) is -0.720. The lowest BCUT2D eigenvalue weighted by atomic mass is 10.1. The van der Waals surface area contributed by atoms with Crippen LogP contribution in [0.25, 0.3) is 0 Å². The summed E-state index contributed by atoms with van der Waals surface area (Å²) in [6.45, 7) is 2.43. The van der Waals surface area contributed by atoms with E-state index in [1.54, 1.807) is 7.11 Å². The van der Waals surface area contributed by atoms with Gasteiger partial charge in [-0.1, -0.05) is 0 Å². The highest BCUT2D eigenvalue weighted by Gasteiger charge is 2.50. The average Bonchev–Trinajstić information content (AvgIpc) is 2.95. The number of ether oxygens (including phenoxy) is 1. The first-order valence-corrected chi connectivity index (χ1v) is 5.27. The van der Waals surface area contributed by atoms with Crippen molar-refractivity contribution in [1.82, 2.24) is 10.6 Å². The van der Waals surface area contributed by atoms with Gasteiger partial charge in [0.05, 0.1) is 18.1 Å². The van der Waals surface area contributed by atoms with Gasteiger partial charge in [0.15, 0.2) is 0 Å². The van der Waals surface area contributed by atoms with Crippen molar-refractivity contribution in [2.75, 3.05) is 20.3 Å². The summed E-state index contributed by atoms with van der Waals surface area (Å²) in [6, 6.07) is -0.443. The van der Waals surface area contributed by atoms with Crippen LogP contribution < -0.4 is 10.6 Å². The highest BCUT2D eigenvalue weighted by Crippen LogP contribution is 2.45. The minimum Gasteiger partial charge on any atom is -0.481 e. The van der Waals surface area contributed by atoms with Crippen molar-refractivity contribution in [3.63, 3.8) is 0 Å². The van der Waals surface area contributed by atoms with Crippen LogP contribution in [0.15, 0.2) is 0 Å². The van der Waals surface area contributed by atoms with E-state index in [0.717, 1.165) is 0 Å². The predicted octanol–water partition coefficient (Wildman–Crippen LogP) is 0.185.